The standard InChI is InChI=1S/C15H12ClNO3S2/c16-13-4-3-11(22-13)14(18)17-9-15(19,10-5-7-21-8-10)12-2-1-6-20-12/h1-8,19H,9H2,(H,17,18). The Balaban J connectivity index is 1.81. The maximum atomic E-state index is 12.1. The van der Waals surface area contributed by atoms with Crippen molar-refractivity contribution >= 4 is 40.2 Å². The lowest BCUT2D eigenvalue weighted by Gasteiger charge is -2.25. The van der Waals surface area contributed by atoms with Crippen molar-refractivity contribution in [3.63, 3.8) is 0 Å². The largest absolute Gasteiger partial charge is 0.466 e. The first kappa shape index (κ1) is 15.3. The third kappa shape index (κ3) is 2.96. The molecule has 0 aliphatic carbocycles. The molecule has 3 rings (SSSR count). The Kier molecular flexibility index (Phi) is 4.35. The number of hydrogen-bond donors (Lipinski definition) is 2. The average molecular weight is 354 g/mol. The highest BCUT2D eigenvalue weighted by molar-refractivity contribution is 7.18. The van der Waals surface area contributed by atoms with Gasteiger partial charge in [0.15, 0.2) is 5.60 Å². The van der Waals surface area contributed by atoms with E-state index in [9.17, 15) is 9.90 Å². The lowest BCUT2D eigenvalue weighted by Crippen LogP contribution is -2.41. The predicted octanol–water partition coefficient (Wildman–Crippen LogP) is 3.72. The summed E-state index contributed by atoms with van der Waals surface area (Å²) in [6, 6.07) is 8.51. The summed E-state index contributed by atoms with van der Waals surface area (Å²) >= 11 is 8.49. The van der Waals surface area contributed by atoms with Crippen molar-refractivity contribution in [2.24, 2.45) is 0 Å². The summed E-state index contributed by atoms with van der Waals surface area (Å²) in [5.41, 5.74) is -0.725. The first-order valence-corrected chi connectivity index (χ1v) is 8.56. The van der Waals surface area contributed by atoms with Gasteiger partial charge in [-0.2, -0.15) is 11.3 Å². The van der Waals surface area contributed by atoms with Gasteiger partial charge in [-0.15, -0.1) is 11.3 Å². The van der Waals surface area contributed by atoms with Crippen LogP contribution in [0.15, 0.2) is 51.8 Å². The Morgan fingerprint density at radius 2 is 2.23 bits per heavy atom. The number of thiophene rings is 2. The number of halogens is 1. The molecule has 1 atom stereocenters. The van der Waals surface area contributed by atoms with E-state index in [1.54, 1.807) is 30.3 Å². The number of aliphatic hydroxyl groups is 1. The SMILES string of the molecule is O=C(NCC(O)(c1ccsc1)c1ccco1)c1ccc(Cl)s1. The average Bonchev–Trinajstić information content (AvgIpc) is 3.24. The van der Waals surface area contributed by atoms with Gasteiger partial charge in [-0.1, -0.05) is 11.6 Å². The zero-order valence-corrected chi connectivity index (χ0v) is 13.7. The van der Waals surface area contributed by atoms with E-state index in [2.05, 4.69) is 5.32 Å². The minimum atomic E-state index is -1.40. The van der Waals surface area contributed by atoms with Crippen LogP contribution in [0.25, 0.3) is 0 Å². The summed E-state index contributed by atoms with van der Waals surface area (Å²) in [5, 5.41) is 17.4. The van der Waals surface area contributed by atoms with Crippen LogP contribution < -0.4 is 5.32 Å². The Labute approximate surface area is 140 Å². The van der Waals surface area contributed by atoms with E-state index in [1.807, 2.05) is 10.8 Å². The number of hydrogen-bond acceptors (Lipinski definition) is 5. The van der Waals surface area contributed by atoms with Crippen molar-refractivity contribution in [2.45, 2.75) is 5.60 Å². The summed E-state index contributed by atoms with van der Waals surface area (Å²) in [6.07, 6.45) is 1.49. The van der Waals surface area contributed by atoms with E-state index in [4.69, 9.17) is 16.0 Å². The topological polar surface area (TPSA) is 62.5 Å². The van der Waals surface area contributed by atoms with Gasteiger partial charge >= 0.3 is 0 Å². The summed E-state index contributed by atoms with van der Waals surface area (Å²) in [7, 11) is 0. The lowest BCUT2D eigenvalue weighted by atomic mass is 9.93. The summed E-state index contributed by atoms with van der Waals surface area (Å²) < 4.78 is 5.90. The molecule has 114 valence electrons. The van der Waals surface area contributed by atoms with Crippen LogP contribution in [0, 0.1) is 0 Å². The van der Waals surface area contributed by atoms with Crippen molar-refractivity contribution < 1.29 is 14.3 Å². The number of carbonyl (C=O) groups is 1. The lowest BCUT2D eigenvalue weighted by molar-refractivity contribution is 0.0530. The molecule has 0 spiro atoms. The zero-order valence-electron chi connectivity index (χ0n) is 11.3. The molecule has 1 amide bonds. The zero-order chi connectivity index (χ0) is 15.6. The molecule has 22 heavy (non-hydrogen) atoms. The van der Waals surface area contributed by atoms with Gasteiger partial charge in [0.25, 0.3) is 5.91 Å². The van der Waals surface area contributed by atoms with Crippen LogP contribution in [-0.4, -0.2) is 17.6 Å². The minimum Gasteiger partial charge on any atom is -0.466 e. The first-order valence-electron chi connectivity index (χ1n) is 6.42. The highest BCUT2D eigenvalue weighted by atomic mass is 35.5. The third-order valence-corrected chi connectivity index (χ3v) is 5.14. The predicted molar refractivity (Wildman–Crippen MR) is 87.7 cm³/mol. The molecule has 1 unspecified atom stereocenters. The van der Waals surface area contributed by atoms with E-state index in [0.717, 1.165) is 0 Å². The molecule has 7 heteroatoms. The maximum Gasteiger partial charge on any atom is 0.261 e. The Hall–Kier alpha value is -1.60. The molecule has 0 bridgehead atoms. The summed E-state index contributed by atoms with van der Waals surface area (Å²) in [4.78, 5) is 12.6. The van der Waals surface area contributed by atoms with E-state index in [-0.39, 0.29) is 12.5 Å². The molecule has 0 aromatic carbocycles. The van der Waals surface area contributed by atoms with Gasteiger partial charge in [-0.25, -0.2) is 0 Å². The maximum absolute atomic E-state index is 12.1. The highest BCUT2D eigenvalue weighted by Gasteiger charge is 2.35. The van der Waals surface area contributed by atoms with Crippen LogP contribution in [0.5, 0.6) is 0 Å². The van der Waals surface area contributed by atoms with E-state index in [0.29, 0.717) is 20.5 Å². The fraction of sp³-hybridized carbons (Fsp3) is 0.133. The van der Waals surface area contributed by atoms with Gasteiger partial charge in [0.05, 0.1) is 22.0 Å². The molecular weight excluding hydrogens is 342 g/mol. The number of rotatable bonds is 5. The number of furan rings is 1. The fourth-order valence-electron chi connectivity index (χ4n) is 2.08. The van der Waals surface area contributed by atoms with Crippen LogP contribution in [-0.2, 0) is 5.60 Å². The molecule has 4 nitrogen and oxygen atoms in total. The first-order chi connectivity index (χ1) is 10.6. The van der Waals surface area contributed by atoms with E-state index in [1.165, 1.54) is 28.9 Å². The van der Waals surface area contributed by atoms with Crippen molar-refractivity contribution in [3.05, 3.63) is 67.9 Å². The molecule has 2 N–H and O–H groups in total. The van der Waals surface area contributed by atoms with Crippen molar-refractivity contribution in [2.75, 3.05) is 6.54 Å². The molecule has 0 saturated carbocycles. The molecule has 0 radical (unpaired) electrons. The second kappa shape index (κ2) is 6.26. The number of amides is 1. The summed E-state index contributed by atoms with van der Waals surface area (Å²) in [6.45, 7) is 0.00555. The van der Waals surface area contributed by atoms with Crippen LogP contribution >= 0.6 is 34.3 Å². The highest BCUT2D eigenvalue weighted by Crippen LogP contribution is 2.31. The van der Waals surface area contributed by atoms with Gasteiger partial charge in [0.1, 0.15) is 5.76 Å². The Morgan fingerprint density at radius 3 is 2.82 bits per heavy atom. The second-order valence-corrected chi connectivity index (χ2v) is 7.13. The normalized spacial score (nSPS) is 13.7. The van der Waals surface area contributed by atoms with Crippen LogP contribution in [0.2, 0.25) is 4.34 Å². The minimum absolute atomic E-state index is 0.00555. The molecule has 0 aliphatic rings. The van der Waals surface area contributed by atoms with Gasteiger partial charge in [-0.3, -0.25) is 4.79 Å². The van der Waals surface area contributed by atoms with Crippen LogP contribution in [0.1, 0.15) is 21.0 Å². The Morgan fingerprint density at radius 1 is 1.36 bits per heavy atom. The van der Waals surface area contributed by atoms with E-state index < -0.39 is 5.60 Å². The molecular formula is C15H12ClNO3S2. The second-order valence-electron chi connectivity index (χ2n) is 4.64. The van der Waals surface area contributed by atoms with Crippen molar-refractivity contribution in [1.29, 1.82) is 0 Å². The fourth-order valence-corrected chi connectivity index (χ4v) is 3.76. The van der Waals surface area contributed by atoms with Crippen LogP contribution in [0.4, 0.5) is 0 Å². The molecule has 3 heterocycles. The number of nitrogens with one attached hydrogen (secondary N) is 1. The molecule has 3 aromatic heterocycles. The molecule has 0 saturated heterocycles. The van der Waals surface area contributed by atoms with Crippen molar-refractivity contribution in [1.82, 2.24) is 5.32 Å². The van der Waals surface area contributed by atoms with Gasteiger partial charge in [0.2, 0.25) is 0 Å². The monoisotopic (exact) mass is 353 g/mol. The molecule has 3 aromatic rings. The van der Waals surface area contributed by atoms with Gasteiger partial charge in [-0.05, 0) is 41.1 Å². The van der Waals surface area contributed by atoms with Gasteiger partial charge in [0, 0.05) is 5.56 Å². The van der Waals surface area contributed by atoms with E-state index >= 15 is 0 Å². The van der Waals surface area contributed by atoms with Gasteiger partial charge < -0.3 is 14.8 Å². The van der Waals surface area contributed by atoms with Crippen molar-refractivity contribution in [3.8, 4) is 0 Å². The number of carbonyl (C=O) groups excluding carboxylic acids is 1. The molecule has 0 fully saturated rings. The summed E-state index contributed by atoms with van der Waals surface area (Å²) in [5.74, 6) is 0.104. The van der Waals surface area contributed by atoms with Crippen LogP contribution in [0.3, 0.4) is 0 Å². The molecule has 0 aliphatic heterocycles. The Bertz CT molecular complexity index is 715. The quantitative estimate of drug-likeness (QED) is 0.734. The smallest absolute Gasteiger partial charge is 0.261 e. The third-order valence-electron chi connectivity index (χ3n) is 3.23.